The van der Waals surface area contributed by atoms with E-state index in [2.05, 4.69) is 22.1 Å². The molecule has 122 valence electrons. The fraction of sp³-hybridized carbons (Fsp3) is 0.444. The van der Waals surface area contributed by atoms with Gasteiger partial charge in [0.1, 0.15) is 0 Å². The van der Waals surface area contributed by atoms with Gasteiger partial charge >= 0.3 is 0 Å². The van der Waals surface area contributed by atoms with Crippen molar-refractivity contribution in [2.24, 2.45) is 5.92 Å². The number of halogens is 1. The quantitative estimate of drug-likeness (QED) is 0.913. The molecule has 4 nitrogen and oxygen atoms in total. The summed E-state index contributed by atoms with van der Waals surface area (Å²) in [6.45, 7) is 6.26. The number of amides is 1. The number of fused-ring (bicyclic) bond motifs is 1. The molecule has 1 aliphatic heterocycles. The lowest BCUT2D eigenvalue weighted by molar-refractivity contribution is 0.0946. The second-order valence-electron chi connectivity index (χ2n) is 6.32. The van der Waals surface area contributed by atoms with E-state index in [0.29, 0.717) is 28.6 Å². The summed E-state index contributed by atoms with van der Waals surface area (Å²) in [7, 11) is 0. The van der Waals surface area contributed by atoms with E-state index in [1.54, 1.807) is 18.3 Å². The SMILES string of the molecule is CC(CNC(=O)c1ccc(Cl)c2cccnc12)CN1CCCC1. The monoisotopic (exact) mass is 331 g/mol. The van der Waals surface area contributed by atoms with Gasteiger partial charge in [-0.15, -0.1) is 0 Å². The van der Waals surface area contributed by atoms with E-state index in [1.807, 2.05) is 12.1 Å². The minimum absolute atomic E-state index is 0.0846. The zero-order valence-corrected chi connectivity index (χ0v) is 14.1. The van der Waals surface area contributed by atoms with Crippen molar-refractivity contribution >= 4 is 28.4 Å². The van der Waals surface area contributed by atoms with Gasteiger partial charge in [0.2, 0.25) is 0 Å². The van der Waals surface area contributed by atoms with Crippen LogP contribution in [0.25, 0.3) is 10.9 Å². The number of hydrogen-bond donors (Lipinski definition) is 1. The molecule has 2 heterocycles. The van der Waals surface area contributed by atoms with Crippen molar-refractivity contribution in [1.29, 1.82) is 0 Å². The van der Waals surface area contributed by atoms with Crippen LogP contribution in [0.15, 0.2) is 30.5 Å². The Morgan fingerprint density at radius 2 is 2.13 bits per heavy atom. The number of rotatable bonds is 5. The molecule has 23 heavy (non-hydrogen) atoms. The Bertz CT molecular complexity index is 698. The first-order valence-electron chi connectivity index (χ1n) is 8.19. The summed E-state index contributed by atoms with van der Waals surface area (Å²) in [5.74, 6) is 0.349. The number of nitrogens with one attached hydrogen (secondary N) is 1. The number of nitrogens with zero attached hydrogens (tertiary/aromatic N) is 2. The van der Waals surface area contributed by atoms with Crippen LogP contribution in [0.5, 0.6) is 0 Å². The standard InChI is InChI=1S/C18H22ClN3O/c1-13(12-22-9-2-3-10-22)11-21-18(23)15-6-7-16(19)14-5-4-8-20-17(14)15/h4-8,13H,2-3,9-12H2,1H3,(H,21,23). The summed E-state index contributed by atoms with van der Waals surface area (Å²) in [5.41, 5.74) is 1.24. The molecule has 2 aromatic rings. The number of aromatic nitrogens is 1. The zero-order chi connectivity index (χ0) is 16.2. The summed E-state index contributed by atoms with van der Waals surface area (Å²) in [5, 5.41) is 4.47. The lowest BCUT2D eigenvalue weighted by Gasteiger charge is -2.20. The van der Waals surface area contributed by atoms with Crippen LogP contribution >= 0.6 is 11.6 Å². The predicted octanol–water partition coefficient (Wildman–Crippen LogP) is 3.35. The maximum Gasteiger partial charge on any atom is 0.253 e. The summed E-state index contributed by atoms with van der Waals surface area (Å²) in [6, 6.07) is 7.22. The highest BCUT2D eigenvalue weighted by Crippen LogP contribution is 2.24. The molecule has 1 aliphatic rings. The van der Waals surface area contributed by atoms with Crippen LogP contribution in [0.2, 0.25) is 5.02 Å². The molecule has 1 N–H and O–H groups in total. The van der Waals surface area contributed by atoms with Crippen molar-refractivity contribution < 1.29 is 4.79 Å². The number of hydrogen-bond acceptors (Lipinski definition) is 3. The van der Waals surface area contributed by atoms with Crippen LogP contribution in [-0.2, 0) is 0 Å². The molecule has 1 aromatic heterocycles. The van der Waals surface area contributed by atoms with Gasteiger partial charge < -0.3 is 10.2 Å². The molecule has 1 amide bonds. The van der Waals surface area contributed by atoms with E-state index >= 15 is 0 Å². The van der Waals surface area contributed by atoms with Crippen molar-refractivity contribution in [1.82, 2.24) is 15.2 Å². The first-order chi connectivity index (χ1) is 11.1. The van der Waals surface area contributed by atoms with Gasteiger partial charge in [0, 0.05) is 24.7 Å². The molecule has 0 spiro atoms. The largest absolute Gasteiger partial charge is 0.352 e. The second-order valence-corrected chi connectivity index (χ2v) is 6.72. The van der Waals surface area contributed by atoms with Crippen LogP contribution in [0.4, 0.5) is 0 Å². The first-order valence-corrected chi connectivity index (χ1v) is 8.56. The van der Waals surface area contributed by atoms with Crippen molar-refractivity contribution in [3.8, 4) is 0 Å². The Labute approximate surface area is 141 Å². The first kappa shape index (κ1) is 16.2. The molecule has 1 aromatic carbocycles. The maximum atomic E-state index is 12.5. The summed E-state index contributed by atoms with van der Waals surface area (Å²) in [6.07, 6.45) is 4.27. The Hall–Kier alpha value is -1.65. The zero-order valence-electron chi connectivity index (χ0n) is 13.4. The molecule has 0 saturated carbocycles. The number of carbonyl (C=O) groups excluding carboxylic acids is 1. The Balaban J connectivity index is 1.65. The van der Waals surface area contributed by atoms with Crippen molar-refractivity contribution in [3.05, 3.63) is 41.0 Å². The van der Waals surface area contributed by atoms with Gasteiger partial charge in [0.25, 0.3) is 5.91 Å². The highest BCUT2D eigenvalue weighted by molar-refractivity contribution is 6.36. The third-order valence-electron chi connectivity index (χ3n) is 4.34. The highest BCUT2D eigenvalue weighted by atomic mass is 35.5. The number of carbonyl (C=O) groups is 1. The number of likely N-dealkylation sites (tertiary alicyclic amines) is 1. The van der Waals surface area contributed by atoms with Gasteiger partial charge in [-0.1, -0.05) is 18.5 Å². The lowest BCUT2D eigenvalue weighted by atomic mass is 10.1. The van der Waals surface area contributed by atoms with Crippen LogP contribution < -0.4 is 5.32 Å². The van der Waals surface area contributed by atoms with Crippen LogP contribution in [0, 0.1) is 5.92 Å². The average molecular weight is 332 g/mol. The van der Waals surface area contributed by atoms with E-state index in [-0.39, 0.29) is 5.91 Å². The summed E-state index contributed by atoms with van der Waals surface area (Å²) >= 11 is 6.18. The molecule has 1 fully saturated rings. The molecule has 5 heteroatoms. The molecule has 1 saturated heterocycles. The van der Waals surface area contributed by atoms with Gasteiger partial charge in [-0.05, 0) is 56.1 Å². The molecule has 0 bridgehead atoms. The number of benzene rings is 1. The van der Waals surface area contributed by atoms with E-state index in [4.69, 9.17) is 11.6 Å². The van der Waals surface area contributed by atoms with Gasteiger partial charge in [-0.2, -0.15) is 0 Å². The average Bonchev–Trinajstić information content (AvgIpc) is 3.06. The minimum atomic E-state index is -0.0846. The third kappa shape index (κ3) is 3.82. The molecule has 0 aliphatic carbocycles. The smallest absolute Gasteiger partial charge is 0.253 e. The lowest BCUT2D eigenvalue weighted by Crippen LogP contribution is -2.34. The Kier molecular flexibility index (Phi) is 5.13. The van der Waals surface area contributed by atoms with Crippen LogP contribution in [-0.4, -0.2) is 42.0 Å². The van der Waals surface area contributed by atoms with Crippen molar-refractivity contribution in [2.45, 2.75) is 19.8 Å². The van der Waals surface area contributed by atoms with Crippen molar-refractivity contribution in [3.63, 3.8) is 0 Å². The predicted molar refractivity (Wildman–Crippen MR) is 93.9 cm³/mol. The molecular weight excluding hydrogens is 310 g/mol. The van der Waals surface area contributed by atoms with Gasteiger partial charge in [-0.25, -0.2) is 0 Å². The summed E-state index contributed by atoms with van der Waals surface area (Å²) in [4.78, 5) is 19.3. The van der Waals surface area contributed by atoms with Crippen LogP contribution in [0.1, 0.15) is 30.1 Å². The van der Waals surface area contributed by atoms with E-state index in [1.165, 1.54) is 25.9 Å². The Morgan fingerprint density at radius 3 is 2.91 bits per heavy atom. The van der Waals surface area contributed by atoms with Crippen LogP contribution in [0.3, 0.4) is 0 Å². The molecule has 1 unspecified atom stereocenters. The third-order valence-corrected chi connectivity index (χ3v) is 4.67. The fourth-order valence-corrected chi connectivity index (χ4v) is 3.37. The van der Waals surface area contributed by atoms with Gasteiger partial charge in [-0.3, -0.25) is 9.78 Å². The molecular formula is C18H22ClN3O. The minimum Gasteiger partial charge on any atom is -0.352 e. The molecule has 0 radical (unpaired) electrons. The summed E-state index contributed by atoms with van der Waals surface area (Å²) < 4.78 is 0. The molecule has 3 rings (SSSR count). The van der Waals surface area contributed by atoms with E-state index < -0.39 is 0 Å². The van der Waals surface area contributed by atoms with E-state index in [0.717, 1.165) is 11.9 Å². The normalized spacial score (nSPS) is 16.6. The second kappa shape index (κ2) is 7.28. The van der Waals surface area contributed by atoms with Gasteiger partial charge in [0.15, 0.2) is 0 Å². The highest BCUT2D eigenvalue weighted by Gasteiger charge is 2.17. The topological polar surface area (TPSA) is 45.2 Å². The van der Waals surface area contributed by atoms with E-state index in [9.17, 15) is 4.79 Å². The Morgan fingerprint density at radius 1 is 1.35 bits per heavy atom. The van der Waals surface area contributed by atoms with Crippen molar-refractivity contribution in [2.75, 3.05) is 26.2 Å². The fourth-order valence-electron chi connectivity index (χ4n) is 3.15. The molecule has 1 atom stereocenters. The maximum absolute atomic E-state index is 12.5. The number of pyridine rings is 1. The van der Waals surface area contributed by atoms with Gasteiger partial charge in [0.05, 0.1) is 16.1 Å².